The standard InChI is InChI=1S/C21H28O4/c1-11(22)14-4-5-15-18-16(24)9-12-8-13(23)6-7-20(12,2)19(18)17(25)10-21(14,15)3/h12,14-15,18-19H,4-10H2,1-3H3/t12-,14-,15+,18-,19+,20+,21-/m1/s1. The minimum Gasteiger partial charge on any atom is -0.300 e. The summed E-state index contributed by atoms with van der Waals surface area (Å²) in [6.07, 6.45) is 4.27. The Hall–Kier alpha value is -1.32. The summed E-state index contributed by atoms with van der Waals surface area (Å²) in [5.74, 6) is 0.357. The molecule has 4 aliphatic carbocycles. The van der Waals surface area contributed by atoms with E-state index in [9.17, 15) is 19.2 Å². The average Bonchev–Trinajstić information content (AvgIpc) is 2.85. The molecule has 0 aromatic carbocycles. The summed E-state index contributed by atoms with van der Waals surface area (Å²) >= 11 is 0. The van der Waals surface area contributed by atoms with E-state index in [1.807, 2.05) is 0 Å². The summed E-state index contributed by atoms with van der Waals surface area (Å²) in [7, 11) is 0. The second-order valence-corrected chi connectivity index (χ2v) is 9.62. The summed E-state index contributed by atoms with van der Waals surface area (Å²) in [6, 6.07) is 0. The van der Waals surface area contributed by atoms with Crippen LogP contribution in [0.4, 0.5) is 0 Å². The van der Waals surface area contributed by atoms with E-state index in [1.165, 1.54) is 0 Å². The fourth-order valence-corrected chi connectivity index (χ4v) is 7.20. The third kappa shape index (κ3) is 2.18. The van der Waals surface area contributed by atoms with Gasteiger partial charge in [-0.2, -0.15) is 0 Å². The molecule has 0 heterocycles. The molecule has 0 aliphatic heterocycles. The molecule has 136 valence electrons. The number of carbonyl (C=O) groups is 4. The molecule has 0 radical (unpaired) electrons. The van der Waals surface area contributed by atoms with E-state index in [-0.39, 0.29) is 63.6 Å². The SMILES string of the molecule is CC(=O)[C@H]1CC[C@H]2[C@@H]3C(=O)C[C@H]4CC(=O)CC[C@]4(C)[C@H]3C(=O)C[C@]12C. The Labute approximate surface area is 149 Å². The van der Waals surface area contributed by atoms with Gasteiger partial charge < -0.3 is 0 Å². The van der Waals surface area contributed by atoms with Crippen molar-refractivity contribution in [3.05, 3.63) is 0 Å². The lowest BCUT2D eigenvalue weighted by molar-refractivity contribution is -0.169. The monoisotopic (exact) mass is 344 g/mol. The predicted octanol–water partition coefficient (Wildman–Crippen LogP) is 3.16. The second-order valence-electron chi connectivity index (χ2n) is 9.62. The molecular weight excluding hydrogens is 316 g/mol. The maximum Gasteiger partial charge on any atom is 0.137 e. The van der Waals surface area contributed by atoms with E-state index in [1.54, 1.807) is 6.92 Å². The van der Waals surface area contributed by atoms with Gasteiger partial charge in [0.25, 0.3) is 0 Å². The summed E-state index contributed by atoms with van der Waals surface area (Å²) in [5, 5.41) is 0. The number of carbonyl (C=O) groups excluding carboxylic acids is 4. The lowest BCUT2D eigenvalue weighted by Gasteiger charge is -2.58. The van der Waals surface area contributed by atoms with Gasteiger partial charge in [-0.15, -0.1) is 0 Å². The molecule has 4 fully saturated rings. The molecule has 4 saturated carbocycles. The first-order chi connectivity index (χ1) is 11.7. The first-order valence-corrected chi connectivity index (χ1v) is 9.76. The number of hydrogen-bond donors (Lipinski definition) is 0. The largest absolute Gasteiger partial charge is 0.300 e. The highest BCUT2D eigenvalue weighted by Gasteiger charge is 2.66. The zero-order valence-electron chi connectivity index (χ0n) is 15.5. The molecular formula is C21H28O4. The summed E-state index contributed by atoms with van der Waals surface area (Å²) in [5.41, 5.74) is -0.577. The van der Waals surface area contributed by atoms with Gasteiger partial charge in [-0.25, -0.2) is 0 Å². The zero-order valence-corrected chi connectivity index (χ0v) is 15.5. The van der Waals surface area contributed by atoms with Crippen LogP contribution in [0.5, 0.6) is 0 Å². The van der Waals surface area contributed by atoms with Crippen LogP contribution in [0.1, 0.15) is 65.7 Å². The van der Waals surface area contributed by atoms with E-state index in [0.29, 0.717) is 25.7 Å². The third-order valence-corrected chi connectivity index (χ3v) is 8.47. The highest BCUT2D eigenvalue weighted by molar-refractivity contribution is 5.96. The van der Waals surface area contributed by atoms with E-state index in [4.69, 9.17) is 0 Å². The molecule has 0 bridgehead atoms. The van der Waals surface area contributed by atoms with Crippen LogP contribution in [0.25, 0.3) is 0 Å². The van der Waals surface area contributed by atoms with E-state index in [0.717, 1.165) is 19.3 Å². The van der Waals surface area contributed by atoms with Gasteiger partial charge in [0.1, 0.15) is 23.1 Å². The molecule has 0 spiro atoms. The highest BCUT2D eigenvalue weighted by Crippen LogP contribution is 2.65. The van der Waals surface area contributed by atoms with Crippen LogP contribution >= 0.6 is 0 Å². The van der Waals surface area contributed by atoms with E-state index >= 15 is 0 Å². The number of fused-ring (bicyclic) bond motifs is 5. The molecule has 7 atom stereocenters. The Balaban J connectivity index is 1.76. The van der Waals surface area contributed by atoms with Crippen molar-refractivity contribution in [1.82, 2.24) is 0 Å². The average molecular weight is 344 g/mol. The van der Waals surface area contributed by atoms with Crippen molar-refractivity contribution in [3.8, 4) is 0 Å². The van der Waals surface area contributed by atoms with Gasteiger partial charge in [0.2, 0.25) is 0 Å². The maximum atomic E-state index is 13.3. The minimum absolute atomic E-state index is 0.0285. The molecule has 0 aromatic rings. The first kappa shape index (κ1) is 17.1. The van der Waals surface area contributed by atoms with Crippen LogP contribution in [0, 0.1) is 40.4 Å². The van der Waals surface area contributed by atoms with E-state index < -0.39 is 0 Å². The van der Waals surface area contributed by atoms with Crippen LogP contribution in [0.3, 0.4) is 0 Å². The molecule has 0 saturated heterocycles. The van der Waals surface area contributed by atoms with Crippen molar-refractivity contribution in [2.45, 2.75) is 65.7 Å². The Bertz CT molecular complexity index is 679. The molecule has 0 amide bonds. The van der Waals surface area contributed by atoms with Crippen LogP contribution in [0.2, 0.25) is 0 Å². The van der Waals surface area contributed by atoms with Crippen LogP contribution in [-0.4, -0.2) is 23.1 Å². The smallest absolute Gasteiger partial charge is 0.137 e. The van der Waals surface area contributed by atoms with Crippen LogP contribution in [0.15, 0.2) is 0 Å². The Kier molecular flexibility index (Phi) is 3.66. The van der Waals surface area contributed by atoms with Gasteiger partial charge in [0.05, 0.1) is 0 Å². The molecule has 25 heavy (non-hydrogen) atoms. The summed E-state index contributed by atoms with van der Waals surface area (Å²) < 4.78 is 0. The van der Waals surface area contributed by atoms with Gasteiger partial charge in [-0.05, 0) is 48.9 Å². The van der Waals surface area contributed by atoms with Crippen molar-refractivity contribution in [1.29, 1.82) is 0 Å². The fraction of sp³-hybridized carbons (Fsp3) is 0.810. The van der Waals surface area contributed by atoms with Crippen molar-refractivity contribution in [3.63, 3.8) is 0 Å². The Morgan fingerprint density at radius 1 is 1.00 bits per heavy atom. The summed E-state index contributed by atoms with van der Waals surface area (Å²) in [6.45, 7) is 5.84. The van der Waals surface area contributed by atoms with Crippen LogP contribution in [-0.2, 0) is 19.2 Å². The Morgan fingerprint density at radius 3 is 2.40 bits per heavy atom. The quantitative estimate of drug-likeness (QED) is 0.733. The second kappa shape index (κ2) is 5.34. The van der Waals surface area contributed by atoms with Crippen molar-refractivity contribution in [2.75, 3.05) is 0 Å². The molecule has 4 heteroatoms. The lowest BCUT2D eigenvalue weighted by atomic mass is 9.44. The normalized spacial score (nSPS) is 49.4. The summed E-state index contributed by atoms with van der Waals surface area (Å²) in [4.78, 5) is 50.4. The zero-order chi connectivity index (χ0) is 18.1. The molecule has 0 aromatic heterocycles. The molecule has 0 N–H and O–H groups in total. The van der Waals surface area contributed by atoms with Crippen molar-refractivity contribution < 1.29 is 19.2 Å². The number of hydrogen-bond acceptors (Lipinski definition) is 4. The molecule has 4 aliphatic rings. The first-order valence-electron chi connectivity index (χ1n) is 9.76. The van der Waals surface area contributed by atoms with Gasteiger partial charge in [0, 0.05) is 43.4 Å². The molecule has 4 rings (SSSR count). The van der Waals surface area contributed by atoms with Crippen molar-refractivity contribution >= 4 is 23.1 Å². The van der Waals surface area contributed by atoms with Gasteiger partial charge in [-0.3, -0.25) is 19.2 Å². The number of ketones is 4. The van der Waals surface area contributed by atoms with E-state index in [2.05, 4.69) is 13.8 Å². The van der Waals surface area contributed by atoms with Gasteiger partial charge >= 0.3 is 0 Å². The Morgan fingerprint density at radius 2 is 1.72 bits per heavy atom. The third-order valence-electron chi connectivity index (χ3n) is 8.47. The minimum atomic E-state index is -0.354. The van der Waals surface area contributed by atoms with Gasteiger partial charge in [0.15, 0.2) is 0 Å². The maximum absolute atomic E-state index is 13.3. The number of Topliss-reactive ketones (excluding diaryl/α,β-unsaturated/α-hetero) is 4. The number of rotatable bonds is 1. The highest BCUT2D eigenvalue weighted by atomic mass is 16.1. The molecule has 4 nitrogen and oxygen atoms in total. The predicted molar refractivity (Wildman–Crippen MR) is 91.7 cm³/mol. The lowest BCUT2D eigenvalue weighted by Crippen LogP contribution is -2.60. The topological polar surface area (TPSA) is 68.3 Å². The van der Waals surface area contributed by atoms with Crippen molar-refractivity contribution in [2.24, 2.45) is 40.4 Å². The van der Waals surface area contributed by atoms with Crippen LogP contribution < -0.4 is 0 Å². The van der Waals surface area contributed by atoms with Gasteiger partial charge in [-0.1, -0.05) is 13.8 Å². The molecule has 0 unspecified atom stereocenters. The fourth-order valence-electron chi connectivity index (χ4n) is 7.20.